The van der Waals surface area contributed by atoms with Gasteiger partial charge in [-0.05, 0) is 43.4 Å². The number of aromatic nitrogens is 1. The Kier molecular flexibility index (Phi) is 3.87. The van der Waals surface area contributed by atoms with Crippen LogP contribution < -0.4 is 0 Å². The van der Waals surface area contributed by atoms with Crippen LogP contribution in [0.5, 0.6) is 0 Å². The van der Waals surface area contributed by atoms with Crippen LogP contribution >= 0.6 is 33.9 Å². The lowest BCUT2D eigenvalue weighted by atomic mass is 9.98. The second-order valence-electron chi connectivity index (χ2n) is 5.53. The maximum Gasteiger partial charge on any atom is 0.309 e. The summed E-state index contributed by atoms with van der Waals surface area (Å²) in [6, 6.07) is -0.460. The predicted molar refractivity (Wildman–Crippen MR) is 79.9 cm³/mol. The molecule has 1 aliphatic rings. The van der Waals surface area contributed by atoms with Crippen LogP contribution in [0.3, 0.4) is 0 Å². The van der Waals surface area contributed by atoms with E-state index in [1.807, 2.05) is 20.8 Å². The molecule has 19 heavy (non-hydrogen) atoms. The van der Waals surface area contributed by atoms with Crippen molar-refractivity contribution in [2.24, 2.45) is 5.92 Å². The molecule has 104 valence electrons. The molecule has 1 fully saturated rings. The molecule has 1 aromatic heterocycles. The summed E-state index contributed by atoms with van der Waals surface area (Å²) in [4.78, 5) is 29.5. The molecule has 0 bridgehead atoms. The standard InChI is InChI=1S/C12H15IN2O3S/c1-12(2,3)15-8(16)4-6(11(17)18)9(15)10-14-5-7(13)19-10/h5-6,9H,4H2,1-3H3,(H,17,18). The molecule has 7 heteroatoms. The molecule has 0 saturated carbocycles. The minimum atomic E-state index is -0.935. The summed E-state index contributed by atoms with van der Waals surface area (Å²) in [6.07, 6.45) is 1.76. The van der Waals surface area contributed by atoms with Crippen LogP contribution in [0.4, 0.5) is 0 Å². The number of nitrogens with zero attached hydrogens (tertiary/aromatic N) is 2. The van der Waals surface area contributed by atoms with Crippen LogP contribution in [0, 0.1) is 8.80 Å². The Balaban J connectivity index is 2.47. The minimum Gasteiger partial charge on any atom is -0.481 e. The van der Waals surface area contributed by atoms with Gasteiger partial charge in [-0.15, -0.1) is 11.3 Å². The number of likely N-dealkylation sites (tertiary alicyclic amines) is 1. The summed E-state index contributed by atoms with van der Waals surface area (Å²) in [5.41, 5.74) is -0.414. The lowest BCUT2D eigenvalue weighted by Crippen LogP contribution is -2.44. The largest absolute Gasteiger partial charge is 0.481 e. The van der Waals surface area contributed by atoms with Gasteiger partial charge < -0.3 is 10.0 Å². The van der Waals surface area contributed by atoms with E-state index < -0.39 is 23.5 Å². The molecule has 0 aromatic carbocycles. The Morgan fingerprint density at radius 3 is 2.63 bits per heavy atom. The first-order chi connectivity index (χ1) is 8.71. The number of carboxylic acid groups (broad SMARTS) is 1. The lowest BCUT2D eigenvalue weighted by Gasteiger charge is -2.37. The molecule has 1 saturated heterocycles. The van der Waals surface area contributed by atoms with Gasteiger partial charge in [-0.25, -0.2) is 4.98 Å². The molecule has 1 aromatic rings. The van der Waals surface area contributed by atoms with Crippen LogP contribution in [0.1, 0.15) is 38.2 Å². The van der Waals surface area contributed by atoms with Crippen molar-refractivity contribution < 1.29 is 14.7 Å². The SMILES string of the molecule is CC(C)(C)N1C(=O)CC(C(=O)O)C1c1ncc(I)s1. The van der Waals surface area contributed by atoms with Crippen molar-refractivity contribution in [2.45, 2.75) is 38.8 Å². The average molecular weight is 394 g/mol. The number of rotatable bonds is 2. The number of halogens is 1. The van der Waals surface area contributed by atoms with Crippen molar-refractivity contribution >= 4 is 45.8 Å². The maximum atomic E-state index is 12.2. The summed E-state index contributed by atoms with van der Waals surface area (Å²) in [7, 11) is 0. The van der Waals surface area contributed by atoms with E-state index in [9.17, 15) is 14.7 Å². The number of carboxylic acids is 1. The van der Waals surface area contributed by atoms with Gasteiger partial charge in [0.2, 0.25) is 5.91 Å². The van der Waals surface area contributed by atoms with Crippen LogP contribution in [0.2, 0.25) is 0 Å². The highest BCUT2D eigenvalue weighted by atomic mass is 127. The van der Waals surface area contributed by atoms with E-state index >= 15 is 0 Å². The smallest absolute Gasteiger partial charge is 0.309 e. The van der Waals surface area contributed by atoms with E-state index in [1.165, 1.54) is 11.3 Å². The highest BCUT2D eigenvalue weighted by molar-refractivity contribution is 14.1. The van der Waals surface area contributed by atoms with Crippen LogP contribution in [-0.2, 0) is 9.59 Å². The topological polar surface area (TPSA) is 70.5 Å². The fourth-order valence-electron chi connectivity index (χ4n) is 2.43. The number of aliphatic carboxylic acids is 1. The van der Waals surface area contributed by atoms with Crippen molar-refractivity contribution in [1.29, 1.82) is 0 Å². The average Bonchev–Trinajstić information content (AvgIpc) is 2.80. The van der Waals surface area contributed by atoms with Crippen molar-refractivity contribution in [3.63, 3.8) is 0 Å². The van der Waals surface area contributed by atoms with Crippen molar-refractivity contribution in [1.82, 2.24) is 9.88 Å². The van der Waals surface area contributed by atoms with Gasteiger partial charge in [0.1, 0.15) is 5.01 Å². The number of hydrogen-bond acceptors (Lipinski definition) is 4. The van der Waals surface area contributed by atoms with E-state index in [2.05, 4.69) is 27.6 Å². The molecule has 0 aliphatic carbocycles. The normalized spacial score (nSPS) is 24.0. The Labute approximate surface area is 129 Å². The monoisotopic (exact) mass is 394 g/mol. The number of thiazole rings is 1. The third-order valence-corrected chi connectivity index (χ3v) is 4.91. The van der Waals surface area contributed by atoms with E-state index in [4.69, 9.17) is 0 Å². The zero-order chi connectivity index (χ0) is 14.4. The molecule has 5 nitrogen and oxygen atoms in total. The fourth-order valence-corrected chi connectivity index (χ4v) is 4.05. The van der Waals surface area contributed by atoms with Gasteiger partial charge in [0.05, 0.1) is 21.0 Å². The minimum absolute atomic E-state index is 0.0490. The molecule has 2 rings (SSSR count). The molecular weight excluding hydrogens is 379 g/mol. The molecule has 2 heterocycles. The van der Waals surface area contributed by atoms with Crippen LogP contribution in [-0.4, -0.2) is 32.4 Å². The zero-order valence-corrected chi connectivity index (χ0v) is 13.9. The highest BCUT2D eigenvalue weighted by Gasteiger charge is 2.49. The second kappa shape index (κ2) is 5.01. The van der Waals surface area contributed by atoms with Gasteiger partial charge in [0.25, 0.3) is 0 Å². The molecule has 2 atom stereocenters. The first-order valence-electron chi connectivity index (χ1n) is 5.88. The summed E-state index contributed by atoms with van der Waals surface area (Å²) < 4.78 is 0.991. The number of carbonyl (C=O) groups is 2. The predicted octanol–water partition coefficient (Wildman–Crippen LogP) is 2.52. The summed E-state index contributed by atoms with van der Waals surface area (Å²) in [5.74, 6) is -1.76. The molecule has 0 spiro atoms. The van der Waals surface area contributed by atoms with Crippen molar-refractivity contribution in [2.75, 3.05) is 0 Å². The van der Waals surface area contributed by atoms with Gasteiger partial charge in [-0.3, -0.25) is 9.59 Å². The lowest BCUT2D eigenvalue weighted by molar-refractivity contribution is -0.142. The van der Waals surface area contributed by atoms with Gasteiger partial charge >= 0.3 is 5.97 Å². The third-order valence-electron chi connectivity index (χ3n) is 3.11. The Morgan fingerprint density at radius 1 is 1.58 bits per heavy atom. The zero-order valence-electron chi connectivity index (χ0n) is 10.9. The Hall–Kier alpha value is -0.700. The number of amides is 1. The van der Waals surface area contributed by atoms with Gasteiger partial charge in [0, 0.05) is 12.0 Å². The molecule has 0 radical (unpaired) electrons. The number of carbonyl (C=O) groups excluding carboxylic acids is 1. The Bertz CT molecular complexity index is 523. The molecule has 1 aliphatic heterocycles. The van der Waals surface area contributed by atoms with E-state index in [1.54, 1.807) is 11.1 Å². The molecule has 2 unspecified atom stereocenters. The van der Waals surface area contributed by atoms with Crippen molar-refractivity contribution in [3.05, 3.63) is 14.1 Å². The Morgan fingerprint density at radius 2 is 2.21 bits per heavy atom. The highest BCUT2D eigenvalue weighted by Crippen LogP contribution is 2.43. The quantitative estimate of drug-likeness (QED) is 0.783. The van der Waals surface area contributed by atoms with Crippen LogP contribution in [0.15, 0.2) is 6.20 Å². The van der Waals surface area contributed by atoms with E-state index in [0.717, 1.165) is 2.88 Å². The first kappa shape index (κ1) is 14.7. The fraction of sp³-hybridized carbons (Fsp3) is 0.583. The molecule has 1 N–H and O–H groups in total. The van der Waals surface area contributed by atoms with Gasteiger partial charge in [-0.1, -0.05) is 0 Å². The summed E-state index contributed by atoms with van der Waals surface area (Å²) in [6.45, 7) is 5.75. The van der Waals surface area contributed by atoms with Crippen molar-refractivity contribution in [3.8, 4) is 0 Å². The summed E-state index contributed by atoms with van der Waals surface area (Å²) >= 11 is 3.60. The van der Waals surface area contributed by atoms with E-state index in [-0.39, 0.29) is 12.3 Å². The molecule has 1 amide bonds. The van der Waals surface area contributed by atoms with E-state index in [0.29, 0.717) is 5.01 Å². The third kappa shape index (κ3) is 2.76. The van der Waals surface area contributed by atoms with Crippen LogP contribution in [0.25, 0.3) is 0 Å². The molecular formula is C12H15IN2O3S. The second-order valence-corrected chi connectivity index (χ2v) is 8.49. The maximum absolute atomic E-state index is 12.2. The number of hydrogen-bond donors (Lipinski definition) is 1. The van der Waals surface area contributed by atoms with Gasteiger partial charge in [0.15, 0.2) is 0 Å². The summed E-state index contributed by atoms with van der Waals surface area (Å²) in [5, 5.41) is 10.1. The van der Waals surface area contributed by atoms with Gasteiger partial charge in [-0.2, -0.15) is 0 Å². The first-order valence-corrected chi connectivity index (χ1v) is 7.77.